The third-order valence-corrected chi connectivity index (χ3v) is 5.44. The topological polar surface area (TPSA) is 39.7 Å². The van der Waals surface area contributed by atoms with Crippen LogP contribution in [0.2, 0.25) is 6.04 Å². The van der Waals surface area contributed by atoms with Crippen LogP contribution in [0.25, 0.3) is 0 Å². The fourth-order valence-electron chi connectivity index (χ4n) is 1.59. The SMILES string of the molecule is CCCNCCCC[Si](OC)(OC)OCC. The van der Waals surface area contributed by atoms with E-state index < -0.39 is 8.80 Å². The van der Waals surface area contributed by atoms with Crippen LogP contribution in [0.5, 0.6) is 0 Å². The van der Waals surface area contributed by atoms with Gasteiger partial charge in [0, 0.05) is 26.9 Å². The second-order valence-corrected chi connectivity index (χ2v) is 6.70. The molecule has 0 aromatic carbocycles. The lowest BCUT2D eigenvalue weighted by atomic mass is 10.3. The molecule has 0 saturated heterocycles. The second kappa shape index (κ2) is 10.2. The number of hydrogen-bond donors (Lipinski definition) is 1. The molecule has 0 bridgehead atoms. The summed E-state index contributed by atoms with van der Waals surface area (Å²) in [5.74, 6) is 0. The van der Waals surface area contributed by atoms with E-state index in [4.69, 9.17) is 13.3 Å². The molecule has 0 saturated carbocycles. The van der Waals surface area contributed by atoms with Crippen LogP contribution in [-0.2, 0) is 13.3 Å². The van der Waals surface area contributed by atoms with Crippen LogP contribution in [-0.4, -0.2) is 42.7 Å². The van der Waals surface area contributed by atoms with Gasteiger partial charge in [-0.25, -0.2) is 0 Å². The Balaban J connectivity index is 3.67. The van der Waals surface area contributed by atoms with Crippen molar-refractivity contribution in [2.75, 3.05) is 33.9 Å². The highest BCUT2D eigenvalue weighted by molar-refractivity contribution is 6.60. The van der Waals surface area contributed by atoms with E-state index in [0.717, 1.165) is 32.0 Å². The molecule has 5 heteroatoms. The lowest BCUT2D eigenvalue weighted by Crippen LogP contribution is -2.43. The summed E-state index contributed by atoms with van der Waals surface area (Å²) in [4.78, 5) is 0. The van der Waals surface area contributed by atoms with Gasteiger partial charge in [0.05, 0.1) is 0 Å². The van der Waals surface area contributed by atoms with Gasteiger partial charge in [0.2, 0.25) is 0 Å². The summed E-state index contributed by atoms with van der Waals surface area (Å²) in [5, 5.41) is 3.38. The van der Waals surface area contributed by atoms with E-state index in [-0.39, 0.29) is 0 Å². The van der Waals surface area contributed by atoms with E-state index in [9.17, 15) is 0 Å². The van der Waals surface area contributed by atoms with Gasteiger partial charge in [-0.3, -0.25) is 0 Å². The Morgan fingerprint density at radius 3 is 2.19 bits per heavy atom. The Labute approximate surface area is 101 Å². The molecule has 0 amide bonds. The molecule has 0 aromatic heterocycles. The molecule has 0 radical (unpaired) electrons. The minimum atomic E-state index is -2.34. The molecule has 0 aliphatic heterocycles. The van der Waals surface area contributed by atoms with Crippen molar-refractivity contribution in [3.05, 3.63) is 0 Å². The fourth-order valence-corrected chi connectivity index (χ4v) is 3.67. The summed E-state index contributed by atoms with van der Waals surface area (Å²) in [6, 6.07) is 0.904. The predicted molar refractivity (Wildman–Crippen MR) is 68.6 cm³/mol. The van der Waals surface area contributed by atoms with E-state index in [2.05, 4.69) is 12.2 Å². The van der Waals surface area contributed by atoms with Gasteiger partial charge in [-0.2, -0.15) is 0 Å². The van der Waals surface area contributed by atoms with Crippen molar-refractivity contribution in [1.82, 2.24) is 5.32 Å². The van der Waals surface area contributed by atoms with Crippen molar-refractivity contribution >= 4 is 8.80 Å². The van der Waals surface area contributed by atoms with Crippen LogP contribution in [0.4, 0.5) is 0 Å². The molecule has 0 unspecified atom stereocenters. The number of rotatable bonds is 11. The van der Waals surface area contributed by atoms with Crippen LogP contribution in [0, 0.1) is 0 Å². The van der Waals surface area contributed by atoms with Crippen LogP contribution < -0.4 is 5.32 Å². The zero-order valence-corrected chi connectivity index (χ0v) is 12.2. The molecular formula is C11H27NO3Si. The third-order valence-electron chi connectivity index (χ3n) is 2.50. The van der Waals surface area contributed by atoms with Gasteiger partial charge in [0.15, 0.2) is 0 Å². The molecule has 0 rings (SSSR count). The minimum Gasteiger partial charge on any atom is -0.377 e. The first-order chi connectivity index (χ1) is 7.74. The monoisotopic (exact) mass is 249 g/mol. The quantitative estimate of drug-likeness (QED) is 0.449. The number of unbranched alkanes of at least 4 members (excludes halogenated alkanes) is 1. The number of nitrogens with one attached hydrogen (secondary N) is 1. The molecule has 0 aromatic rings. The first-order valence-corrected chi connectivity index (χ1v) is 8.12. The molecule has 16 heavy (non-hydrogen) atoms. The lowest BCUT2D eigenvalue weighted by Gasteiger charge is -2.25. The van der Waals surface area contributed by atoms with Crippen molar-refractivity contribution in [3.8, 4) is 0 Å². The fraction of sp³-hybridized carbons (Fsp3) is 1.00. The average Bonchev–Trinajstić information content (AvgIpc) is 2.32. The van der Waals surface area contributed by atoms with Gasteiger partial charge in [0.25, 0.3) is 0 Å². The van der Waals surface area contributed by atoms with Gasteiger partial charge >= 0.3 is 8.80 Å². The van der Waals surface area contributed by atoms with Gasteiger partial charge in [-0.05, 0) is 39.3 Å². The molecule has 0 heterocycles. The first kappa shape index (κ1) is 16.1. The molecule has 0 fully saturated rings. The molecular weight excluding hydrogens is 222 g/mol. The largest absolute Gasteiger partial charge is 0.500 e. The summed E-state index contributed by atoms with van der Waals surface area (Å²) in [7, 11) is 1.02. The normalized spacial score (nSPS) is 12.0. The van der Waals surface area contributed by atoms with Crippen LogP contribution in [0.1, 0.15) is 33.1 Å². The average molecular weight is 249 g/mol. The molecule has 0 spiro atoms. The van der Waals surface area contributed by atoms with Crippen molar-refractivity contribution < 1.29 is 13.3 Å². The molecule has 1 N–H and O–H groups in total. The third kappa shape index (κ3) is 6.60. The van der Waals surface area contributed by atoms with Crippen LogP contribution in [0.15, 0.2) is 0 Å². The summed E-state index contributed by atoms with van der Waals surface area (Å²) in [5.41, 5.74) is 0. The Morgan fingerprint density at radius 1 is 1.00 bits per heavy atom. The molecule has 98 valence electrons. The lowest BCUT2D eigenvalue weighted by molar-refractivity contribution is 0.103. The summed E-state index contributed by atoms with van der Waals surface area (Å²) in [6.07, 6.45) is 3.42. The highest BCUT2D eigenvalue weighted by Gasteiger charge is 2.37. The Hall–Kier alpha value is 0.0569. The van der Waals surface area contributed by atoms with Crippen LogP contribution in [0.3, 0.4) is 0 Å². The Bertz CT molecular complexity index is 154. The maximum atomic E-state index is 5.63. The minimum absolute atomic E-state index is 0.655. The highest BCUT2D eigenvalue weighted by atomic mass is 28.4. The van der Waals surface area contributed by atoms with Crippen molar-refractivity contribution in [2.24, 2.45) is 0 Å². The van der Waals surface area contributed by atoms with Crippen LogP contribution >= 0.6 is 0 Å². The molecule has 0 atom stereocenters. The highest BCUT2D eigenvalue weighted by Crippen LogP contribution is 2.16. The number of hydrogen-bond acceptors (Lipinski definition) is 4. The van der Waals surface area contributed by atoms with E-state index in [1.165, 1.54) is 6.42 Å². The standard InChI is InChI=1S/C11H27NO3Si/c1-5-9-12-10-7-8-11-16(13-3,14-4)15-6-2/h12H,5-11H2,1-4H3. The summed E-state index contributed by atoms with van der Waals surface area (Å²) >= 11 is 0. The van der Waals surface area contributed by atoms with E-state index >= 15 is 0 Å². The molecule has 0 aliphatic rings. The van der Waals surface area contributed by atoms with Gasteiger partial charge in [0.1, 0.15) is 0 Å². The zero-order chi connectivity index (χ0) is 12.3. The predicted octanol–water partition coefficient (Wildman–Crippen LogP) is 2.03. The van der Waals surface area contributed by atoms with Gasteiger partial charge in [-0.1, -0.05) is 6.92 Å². The molecule has 4 nitrogen and oxygen atoms in total. The van der Waals surface area contributed by atoms with E-state index in [1.54, 1.807) is 14.2 Å². The van der Waals surface area contributed by atoms with E-state index in [1.807, 2.05) is 6.92 Å². The summed E-state index contributed by atoms with van der Waals surface area (Å²) < 4.78 is 16.5. The second-order valence-electron chi connectivity index (χ2n) is 3.73. The van der Waals surface area contributed by atoms with Gasteiger partial charge < -0.3 is 18.6 Å². The van der Waals surface area contributed by atoms with Gasteiger partial charge in [-0.15, -0.1) is 0 Å². The Kier molecular flexibility index (Phi) is 10.3. The maximum absolute atomic E-state index is 5.63. The van der Waals surface area contributed by atoms with E-state index in [0.29, 0.717) is 6.61 Å². The Morgan fingerprint density at radius 2 is 1.69 bits per heavy atom. The zero-order valence-electron chi connectivity index (χ0n) is 11.2. The van der Waals surface area contributed by atoms with Crippen molar-refractivity contribution in [1.29, 1.82) is 0 Å². The maximum Gasteiger partial charge on any atom is 0.500 e. The summed E-state index contributed by atoms with van der Waals surface area (Å²) in [6.45, 7) is 6.97. The first-order valence-electron chi connectivity index (χ1n) is 6.19. The smallest absolute Gasteiger partial charge is 0.377 e. The van der Waals surface area contributed by atoms with Crippen molar-refractivity contribution in [2.45, 2.75) is 39.2 Å². The van der Waals surface area contributed by atoms with Crippen molar-refractivity contribution in [3.63, 3.8) is 0 Å². The molecule has 0 aliphatic carbocycles.